The predicted octanol–water partition coefficient (Wildman–Crippen LogP) is 3.62. The molecule has 16 heavy (non-hydrogen) atoms. The fraction of sp³-hybridized carbons (Fsp3) is 0.769. The van der Waals surface area contributed by atoms with Crippen molar-refractivity contribution < 1.29 is 0 Å². The van der Waals surface area contributed by atoms with E-state index >= 15 is 0 Å². The van der Waals surface area contributed by atoms with Crippen molar-refractivity contribution in [2.75, 3.05) is 0 Å². The van der Waals surface area contributed by atoms with Gasteiger partial charge >= 0.3 is 0 Å². The maximum Gasteiger partial charge on any atom is 0.0926 e. The van der Waals surface area contributed by atoms with Crippen molar-refractivity contribution >= 4 is 11.3 Å². The molecule has 0 aliphatic rings. The molecule has 2 nitrogen and oxygen atoms in total. The minimum absolute atomic E-state index is 0.592. The quantitative estimate of drug-likeness (QED) is 0.787. The molecule has 0 aliphatic carbocycles. The summed E-state index contributed by atoms with van der Waals surface area (Å²) in [5, 5.41) is 6.95. The van der Waals surface area contributed by atoms with E-state index in [2.05, 4.69) is 43.4 Å². The first kappa shape index (κ1) is 13.7. The van der Waals surface area contributed by atoms with Gasteiger partial charge in [0.25, 0.3) is 0 Å². The minimum Gasteiger partial charge on any atom is -0.309 e. The summed E-state index contributed by atoms with van der Waals surface area (Å²) in [5.41, 5.74) is 1.19. The van der Waals surface area contributed by atoms with Gasteiger partial charge in [-0.2, -0.15) is 0 Å². The van der Waals surface area contributed by atoms with Gasteiger partial charge in [-0.25, -0.2) is 4.98 Å². The van der Waals surface area contributed by atoms with E-state index in [1.165, 1.54) is 23.5 Å². The van der Waals surface area contributed by atoms with Crippen molar-refractivity contribution in [2.24, 2.45) is 5.92 Å². The Morgan fingerprint density at radius 3 is 2.62 bits per heavy atom. The molecule has 0 bridgehead atoms. The highest BCUT2D eigenvalue weighted by Crippen LogP contribution is 2.11. The van der Waals surface area contributed by atoms with Crippen LogP contribution < -0.4 is 5.32 Å². The van der Waals surface area contributed by atoms with Crippen LogP contribution in [0.2, 0.25) is 0 Å². The summed E-state index contributed by atoms with van der Waals surface area (Å²) >= 11 is 1.77. The van der Waals surface area contributed by atoms with Crippen molar-refractivity contribution in [3.63, 3.8) is 0 Å². The van der Waals surface area contributed by atoms with Gasteiger partial charge in [0.2, 0.25) is 0 Å². The van der Waals surface area contributed by atoms with E-state index < -0.39 is 0 Å². The second-order valence-electron chi connectivity index (χ2n) is 4.84. The Labute approximate surface area is 103 Å². The van der Waals surface area contributed by atoms with Crippen LogP contribution in [-0.4, -0.2) is 11.0 Å². The molecule has 1 aromatic heterocycles. The third-order valence-electron chi connectivity index (χ3n) is 2.71. The maximum absolute atomic E-state index is 4.55. The van der Waals surface area contributed by atoms with Crippen LogP contribution in [0.1, 0.15) is 51.2 Å². The molecule has 0 fully saturated rings. The van der Waals surface area contributed by atoms with E-state index in [9.17, 15) is 0 Å². The number of rotatable bonds is 7. The van der Waals surface area contributed by atoms with Gasteiger partial charge in [-0.3, -0.25) is 0 Å². The van der Waals surface area contributed by atoms with E-state index in [1.807, 2.05) is 0 Å². The second kappa shape index (κ2) is 7.02. The molecule has 1 N–H and O–H groups in total. The molecule has 1 unspecified atom stereocenters. The molecule has 3 heteroatoms. The molecule has 0 aliphatic heterocycles. The van der Waals surface area contributed by atoms with Crippen molar-refractivity contribution in [2.45, 2.75) is 59.5 Å². The van der Waals surface area contributed by atoms with E-state index in [-0.39, 0.29) is 0 Å². The fourth-order valence-corrected chi connectivity index (χ4v) is 2.30. The van der Waals surface area contributed by atoms with Crippen LogP contribution in [0.25, 0.3) is 0 Å². The third kappa shape index (κ3) is 5.08. The highest BCUT2D eigenvalue weighted by atomic mass is 32.1. The molecule has 0 aromatic carbocycles. The van der Waals surface area contributed by atoms with E-state index in [0.717, 1.165) is 18.9 Å². The summed E-state index contributed by atoms with van der Waals surface area (Å²) in [6.45, 7) is 9.88. The smallest absolute Gasteiger partial charge is 0.0926 e. The van der Waals surface area contributed by atoms with Crippen LogP contribution in [0, 0.1) is 5.92 Å². The molecule has 0 spiro atoms. The standard InChI is InChI=1S/C13H24N2S/c1-5-13-15-12(9-16-13)8-14-11(4)7-6-10(2)3/h9-11,14H,5-8H2,1-4H3. The number of nitrogens with one attached hydrogen (secondary N) is 1. The van der Waals surface area contributed by atoms with E-state index in [4.69, 9.17) is 0 Å². The van der Waals surface area contributed by atoms with Crippen LogP contribution in [0.5, 0.6) is 0 Å². The molecule has 92 valence electrons. The summed E-state index contributed by atoms with van der Waals surface area (Å²) in [7, 11) is 0. The molecule has 0 radical (unpaired) electrons. The molecule has 1 heterocycles. The number of aromatic nitrogens is 1. The number of nitrogens with zero attached hydrogens (tertiary/aromatic N) is 1. The minimum atomic E-state index is 0.592. The van der Waals surface area contributed by atoms with Gasteiger partial charge in [-0.05, 0) is 32.1 Å². The molecular weight excluding hydrogens is 216 g/mol. The predicted molar refractivity (Wildman–Crippen MR) is 71.9 cm³/mol. The van der Waals surface area contributed by atoms with Crippen LogP contribution in [0.3, 0.4) is 0 Å². The zero-order valence-corrected chi connectivity index (χ0v) is 11.7. The zero-order chi connectivity index (χ0) is 12.0. The highest BCUT2D eigenvalue weighted by molar-refractivity contribution is 7.09. The molecule has 1 atom stereocenters. The van der Waals surface area contributed by atoms with Crippen molar-refractivity contribution in [3.05, 3.63) is 16.1 Å². The Bertz CT molecular complexity index is 294. The molecule has 1 aromatic rings. The zero-order valence-electron chi connectivity index (χ0n) is 10.9. The number of hydrogen-bond acceptors (Lipinski definition) is 3. The molecular formula is C13H24N2S. The molecule has 0 saturated heterocycles. The summed E-state index contributed by atoms with van der Waals surface area (Å²) in [5.74, 6) is 0.801. The average Bonchev–Trinajstić information content (AvgIpc) is 2.71. The Kier molecular flexibility index (Phi) is 5.99. The third-order valence-corrected chi connectivity index (χ3v) is 3.75. The van der Waals surface area contributed by atoms with E-state index in [0.29, 0.717) is 6.04 Å². The first-order valence-corrected chi connectivity index (χ1v) is 7.16. The molecule has 1 rings (SSSR count). The van der Waals surface area contributed by atoms with Crippen LogP contribution in [0.4, 0.5) is 0 Å². The van der Waals surface area contributed by atoms with Gasteiger partial charge in [-0.1, -0.05) is 20.8 Å². The summed E-state index contributed by atoms with van der Waals surface area (Å²) in [6.07, 6.45) is 3.60. The number of hydrogen-bond donors (Lipinski definition) is 1. The normalized spacial score (nSPS) is 13.3. The van der Waals surface area contributed by atoms with E-state index in [1.54, 1.807) is 11.3 Å². The number of thiazole rings is 1. The summed E-state index contributed by atoms with van der Waals surface area (Å²) in [6, 6.07) is 0.592. The van der Waals surface area contributed by atoms with Crippen molar-refractivity contribution in [1.82, 2.24) is 10.3 Å². The summed E-state index contributed by atoms with van der Waals surface area (Å²) < 4.78 is 0. The lowest BCUT2D eigenvalue weighted by Crippen LogP contribution is -2.25. The highest BCUT2D eigenvalue weighted by Gasteiger charge is 2.05. The van der Waals surface area contributed by atoms with Gasteiger partial charge in [0.05, 0.1) is 10.7 Å². The van der Waals surface area contributed by atoms with Gasteiger partial charge in [0.15, 0.2) is 0 Å². The van der Waals surface area contributed by atoms with Crippen molar-refractivity contribution in [1.29, 1.82) is 0 Å². The Hall–Kier alpha value is -0.410. The van der Waals surface area contributed by atoms with Gasteiger partial charge < -0.3 is 5.32 Å². The monoisotopic (exact) mass is 240 g/mol. The summed E-state index contributed by atoms with van der Waals surface area (Å²) in [4.78, 5) is 4.55. The van der Waals surface area contributed by atoms with Gasteiger partial charge in [-0.15, -0.1) is 11.3 Å². The fourth-order valence-electron chi connectivity index (χ4n) is 1.56. The Morgan fingerprint density at radius 1 is 1.31 bits per heavy atom. The first-order chi connectivity index (χ1) is 7.61. The largest absolute Gasteiger partial charge is 0.309 e. The lowest BCUT2D eigenvalue weighted by atomic mass is 10.0. The lowest BCUT2D eigenvalue weighted by molar-refractivity contribution is 0.449. The van der Waals surface area contributed by atoms with Gasteiger partial charge in [0.1, 0.15) is 0 Å². The topological polar surface area (TPSA) is 24.9 Å². The Balaban J connectivity index is 2.23. The average molecular weight is 240 g/mol. The van der Waals surface area contributed by atoms with Crippen molar-refractivity contribution in [3.8, 4) is 0 Å². The number of aryl methyl sites for hydroxylation is 1. The molecule has 0 amide bonds. The Morgan fingerprint density at radius 2 is 2.06 bits per heavy atom. The van der Waals surface area contributed by atoms with Crippen LogP contribution in [0.15, 0.2) is 5.38 Å². The van der Waals surface area contributed by atoms with Crippen LogP contribution >= 0.6 is 11.3 Å². The van der Waals surface area contributed by atoms with Crippen LogP contribution in [-0.2, 0) is 13.0 Å². The second-order valence-corrected chi connectivity index (χ2v) is 5.78. The molecule has 0 saturated carbocycles. The maximum atomic E-state index is 4.55. The van der Waals surface area contributed by atoms with Gasteiger partial charge in [0, 0.05) is 18.0 Å². The SMILES string of the molecule is CCc1nc(CNC(C)CCC(C)C)cs1. The lowest BCUT2D eigenvalue weighted by Gasteiger charge is -2.13. The first-order valence-electron chi connectivity index (χ1n) is 6.28.